The first-order valence-electron chi connectivity index (χ1n) is 5.96. The third-order valence-corrected chi connectivity index (χ3v) is 4.28. The van der Waals surface area contributed by atoms with E-state index >= 15 is 0 Å². The monoisotopic (exact) mass is 293 g/mol. The number of rotatable bonds is 4. The highest BCUT2D eigenvalue weighted by Gasteiger charge is 2.33. The molecule has 3 atom stereocenters. The van der Waals surface area contributed by atoms with E-state index < -0.39 is 23.1 Å². The average Bonchev–Trinajstić information content (AvgIpc) is 2.27. The molecule has 0 radical (unpaired) electrons. The molecule has 6 heteroatoms. The van der Waals surface area contributed by atoms with Crippen LogP contribution < -0.4 is 5.14 Å². The molecule has 0 spiro atoms. The Kier molecular flexibility index (Phi) is 5.29. The highest BCUT2D eigenvalue weighted by Crippen LogP contribution is 2.36. The van der Waals surface area contributed by atoms with Crippen LogP contribution in [0.3, 0.4) is 0 Å². The van der Waals surface area contributed by atoms with Gasteiger partial charge < -0.3 is 4.55 Å². The van der Waals surface area contributed by atoms with Gasteiger partial charge in [0.05, 0.1) is 5.56 Å². The van der Waals surface area contributed by atoms with Crippen molar-refractivity contribution in [2.24, 2.45) is 5.14 Å². The van der Waals surface area contributed by atoms with Gasteiger partial charge in [0.1, 0.15) is 5.25 Å². The average molecular weight is 293 g/mol. The summed E-state index contributed by atoms with van der Waals surface area (Å²) in [5.41, 5.74) is 0.253. The van der Waals surface area contributed by atoms with Crippen molar-refractivity contribution in [2.45, 2.75) is 44.5 Å². The molecule has 0 bridgehead atoms. The van der Waals surface area contributed by atoms with E-state index in [1.807, 2.05) is 6.92 Å². The summed E-state index contributed by atoms with van der Waals surface area (Å²) < 4.78 is 49.6. The van der Waals surface area contributed by atoms with Crippen molar-refractivity contribution in [1.82, 2.24) is 0 Å². The van der Waals surface area contributed by atoms with E-state index in [2.05, 4.69) is 0 Å². The molecule has 1 aromatic rings. The molecule has 0 aliphatic heterocycles. The summed E-state index contributed by atoms with van der Waals surface area (Å²) in [6, 6.07) is 4.17. The summed E-state index contributed by atoms with van der Waals surface area (Å²) in [5.74, 6) is -0.121. The quantitative estimate of drug-likeness (QED) is 0.863. The normalized spacial score (nSPS) is 17.1. The second kappa shape index (κ2) is 6.15. The third-order valence-electron chi connectivity index (χ3n) is 3.29. The van der Waals surface area contributed by atoms with Gasteiger partial charge in [0, 0.05) is 17.8 Å². The Balaban J connectivity index is 3.02. The van der Waals surface area contributed by atoms with Crippen LogP contribution in [0, 0.1) is 6.92 Å². The molecule has 1 rings (SSSR count). The first-order chi connectivity index (χ1) is 8.64. The lowest BCUT2D eigenvalue weighted by Gasteiger charge is -2.21. The molecular weight excluding hydrogens is 275 g/mol. The summed E-state index contributed by atoms with van der Waals surface area (Å²) in [7, 11) is 0. The predicted molar refractivity (Wildman–Crippen MR) is 71.0 cm³/mol. The molecule has 0 aliphatic rings. The summed E-state index contributed by atoms with van der Waals surface area (Å²) in [4.78, 5) is 0. The lowest BCUT2D eigenvalue weighted by Crippen LogP contribution is -2.27. The van der Waals surface area contributed by atoms with Crippen LogP contribution in [-0.2, 0) is 17.5 Å². The van der Waals surface area contributed by atoms with Crippen LogP contribution in [0.25, 0.3) is 0 Å². The van der Waals surface area contributed by atoms with Crippen LogP contribution in [0.4, 0.5) is 13.2 Å². The van der Waals surface area contributed by atoms with Gasteiger partial charge in [-0.05, 0) is 37.0 Å². The van der Waals surface area contributed by atoms with Crippen molar-refractivity contribution in [2.75, 3.05) is 0 Å². The van der Waals surface area contributed by atoms with Crippen LogP contribution in [-0.4, -0.2) is 9.80 Å². The maximum Gasteiger partial charge on any atom is 0.416 e. The number of nitrogens with two attached hydrogens (primary N) is 1. The number of hydrogen-bond donors (Lipinski definition) is 1. The van der Waals surface area contributed by atoms with E-state index in [9.17, 15) is 17.7 Å². The molecule has 3 unspecified atom stereocenters. The highest BCUT2D eigenvalue weighted by molar-refractivity contribution is 7.89. The maximum absolute atomic E-state index is 12.8. The van der Waals surface area contributed by atoms with E-state index in [4.69, 9.17) is 5.14 Å². The Bertz CT molecular complexity index is 434. The second-order valence-corrected chi connectivity index (χ2v) is 6.26. The molecule has 108 valence electrons. The molecule has 0 aromatic heterocycles. The lowest BCUT2D eigenvalue weighted by atomic mass is 9.90. The summed E-state index contributed by atoms with van der Waals surface area (Å²) >= 11 is -1.46. The topological polar surface area (TPSA) is 49.1 Å². The van der Waals surface area contributed by atoms with Gasteiger partial charge in [-0.1, -0.05) is 19.1 Å². The van der Waals surface area contributed by atoms with Gasteiger partial charge in [-0.25, -0.2) is 0 Å². The number of benzene rings is 1. The first-order valence-corrected chi connectivity index (χ1v) is 7.24. The number of halogens is 3. The molecule has 1 aromatic carbocycles. The Morgan fingerprint density at radius 1 is 1.32 bits per heavy atom. The van der Waals surface area contributed by atoms with E-state index in [1.165, 1.54) is 13.0 Å². The summed E-state index contributed by atoms with van der Waals surface area (Å²) in [6.45, 7) is 5.03. The molecule has 0 fully saturated rings. The molecule has 0 saturated carbocycles. The number of alkyl halides is 3. The van der Waals surface area contributed by atoms with Crippen molar-refractivity contribution in [3.05, 3.63) is 34.9 Å². The molecule has 0 amide bonds. The molecule has 0 aliphatic carbocycles. The molecular formula is C13H18F3NOS. The van der Waals surface area contributed by atoms with Crippen molar-refractivity contribution in [3.63, 3.8) is 0 Å². The Morgan fingerprint density at radius 3 is 2.37 bits per heavy atom. The van der Waals surface area contributed by atoms with Crippen LogP contribution in [0.15, 0.2) is 18.2 Å². The highest BCUT2D eigenvalue weighted by atomic mass is 32.2. The van der Waals surface area contributed by atoms with Crippen molar-refractivity contribution in [3.8, 4) is 0 Å². The molecule has 0 heterocycles. The smallest absolute Gasteiger partial charge is 0.416 e. The zero-order valence-corrected chi connectivity index (χ0v) is 11.9. The van der Waals surface area contributed by atoms with Crippen molar-refractivity contribution >= 4 is 11.4 Å². The van der Waals surface area contributed by atoms with Crippen LogP contribution >= 0.6 is 0 Å². The fourth-order valence-electron chi connectivity index (χ4n) is 2.21. The minimum atomic E-state index is -4.35. The predicted octanol–water partition coefficient (Wildman–Crippen LogP) is 3.52. The summed E-state index contributed by atoms with van der Waals surface area (Å²) in [6.07, 6.45) is -3.85. The minimum Gasteiger partial charge on any atom is -0.598 e. The van der Waals surface area contributed by atoms with Gasteiger partial charge >= 0.3 is 6.18 Å². The van der Waals surface area contributed by atoms with Gasteiger partial charge in [0.2, 0.25) is 0 Å². The van der Waals surface area contributed by atoms with Crippen LogP contribution in [0.2, 0.25) is 0 Å². The minimum absolute atomic E-state index is 0.121. The van der Waals surface area contributed by atoms with E-state index in [-0.39, 0.29) is 16.7 Å². The van der Waals surface area contributed by atoms with Gasteiger partial charge in [0.15, 0.2) is 0 Å². The Morgan fingerprint density at radius 2 is 1.89 bits per heavy atom. The zero-order valence-electron chi connectivity index (χ0n) is 11.1. The molecule has 19 heavy (non-hydrogen) atoms. The maximum atomic E-state index is 12.8. The zero-order chi connectivity index (χ0) is 14.8. The van der Waals surface area contributed by atoms with Gasteiger partial charge in [-0.2, -0.15) is 18.3 Å². The molecule has 2 N–H and O–H groups in total. The summed E-state index contributed by atoms with van der Waals surface area (Å²) in [5, 5.41) is 5.05. The van der Waals surface area contributed by atoms with Crippen LogP contribution in [0.1, 0.15) is 42.9 Å². The van der Waals surface area contributed by atoms with E-state index in [0.29, 0.717) is 12.0 Å². The van der Waals surface area contributed by atoms with E-state index in [0.717, 1.165) is 6.07 Å². The molecule has 0 saturated heterocycles. The number of hydrogen-bond acceptors (Lipinski definition) is 2. The SMILES string of the molecule is Cc1c(C(C)CC(C)[S+](N)[O-])cccc1C(F)(F)F. The largest absolute Gasteiger partial charge is 0.598 e. The lowest BCUT2D eigenvalue weighted by molar-refractivity contribution is -0.138. The van der Waals surface area contributed by atoms with Crippen molar-refractivity contribution in [1.29, 1.82) is 0 Å². The van der Waals surface area contributed by atoms with Crippen molar-refractivity contribution < 1.29 is 17.7 Å². The van der Waals surface area contributed by atoms with Crippen LogP contribution in [0.5, 0.6) is 0 Å². The van der Waals surface area contributed by atoms with Gasteiger partial charge in [-0.15, -0.1) is 0 Å². The standard InChI is InChI=1S/C13H18F3NOS/c1-8(7-9(2)19(17)18)11-5-4-6-12(10(11)3)13(14,15)16/h4-6,8-9H,7,17H2,1-3H3. The Hall–Kier alpha value is -0.720. The fraction of sp³-hybridized carbons (Fsp3) is 0.538. The third kappa shape index (κ3) is 4.12. The van der Waals surface area contributed by atoms with Gasteiger partial charge in [0.25, 0.3) is 0 Å². The molecule has 2 nitrogen and oxygen atoms in total. The van der Waals surface area contributed by atoms with E-state index in [1.54, 1.807) is 13.0 Å². The first kappa shape index (κ1) is 16.3. The fourth-order valence-corrected chi connectivity index (χ4v) is 2.69. The van der Waals surface area contributed by atoms with Gasteiger partial charge in [-0.3, -0.25) is 0 Å². The second-order valence-electron chi connectivity index (χ2n) is 4.79. The Labute approximate surface area is 114 Å².